The van der Waals surface area contributed by atoms with Gasteiger partial charge in [0.2, 0.25) is 0 Å². The number of esters is 1. The summed E-state index contributed by atoms with van der Waals surface area (Å²) in [6.07, 6.45) is 4.63. The highest BCUT2D eigenvalue weighted by Crippen LogP contribution is 2.41. The molecule has 0 spiro atoms. The van der Waals surface area contributed by atoms with Crippen LogP contribution >= 0.6 is 0 Å². The SMILES string of the molecule is CCOC(=O)[C@@H]1CC(CC)C[C@H]1CC(C)C. The van der Waals surface area contributed by atoms with Crippen LogP contribution in [0.25, 0.3) is 0 Å². The number of carbonyl (C=O) groups excluding carboxylic acids is 1. The fraction of sp³-hybridized carbons (Fsp3) is 0.929. The maximum Gasteiger partial charge on any atom is 0.309 e. The van der Waals surface area contributed by atoms with E-state index in [-0.39, 0.29) is 11.9 Å². The Morgan fingerprint density at radius 2 is 2.00 bits per heavy atom. The lowest BCUT2D eigenvalue weighted by atomic mass is 9.88. The van der Waals surface area contributed by atoms with Crippen LogP contribution in [-0.4, -0.2) is 12.6 Å². The zero-order valence-corrected chi connectivity index (χ0v) is 11.2. The van der Waals surface area contributed by atoms with Crippen LogP contribution in [0.3, 0.4) is 0 Å². The molecule has 0 aromatic rings. The minimum Gasteiger partial charge on any atom is -0.466 e. The molecule has 0 radical (unpaired) electrons. The van der Waals surface area contributed by atoms with Crippen LogP contribution in [0.15, 0.2) is 0 Å². The Bertz CT molecular complexity index is 223. The van der Waals surface area contributed by atoms with Crippen LogP contribution < -0.4 is 0 Å². The molecule has 0 bridgehead atoms. The van der Waals surface area contributed by atoms with Gasteiger partial charge in [-0.15, -0.1) is 0 Å². The fourth-order valence-electron chi connectivity index (χ4n) is 2.98. The molecule has 0 aromatic heterocycles. The average molecular weight is 226 g/mol. The largest absolute Gasteiger partial charge is 0.466 e. The predicted octanol–water partition coefficient (Wildman–Crippen LogP) is 3.65. The third-order valence-electron chi connectivity index (χ3n) is 3.73. The summed E-state index contributed by atoms with van der Waals surface area (Å²) in [6, 6.07) is 0. The Morgan fingerprint density at radius 1 is 1.31 bits per heavy atom. The van der Waals surface area contributed by atoms with Gasteiger partial charge in [0.05, 0.1) is 12.5 Å². The van der Waals surface area contributed by atoms with E-state index in [2.05, 4.69) is 20.8 Å². The number of hydrogen-bond donors (Lipinski definition) is 0. The smallest absolute Gasteiger partial charge is 0.309 e. The van der Waals surface area contributed by atoms with E-state index in [1.807, 2.05) is 6.92 Å². The van der Waals surface area contributed by atoms with Crippen molar-refractivity contribution >= 4 is 5.97 Å². The minimum atomic E-state index is 0.0455. The van der Waals surface area contributed by atoms with Crippen molar-refractivity contribution in [3.05, 3.63) is 0 Å². The molecule has 16 heavy (non-hydrogen) atoms. The highest BCUT2D eigenvalue weighted by molar-refractivity contribution is 5.73. The molecule has 1 aliphatic carbocycles. The van der Waals surface area contributed by atoms with Crippen LogP contribution in [-0.2, 0) is 9.53 Å². The maximum absolute atomic E-state index is 11.9. The summed E-state index contributed by atoms with van der Waals surface area (Å²) in [7, 11) is 0. The molecule has 1 rings (SSSR count). The lowest BCUT2D eigenvalue weighted by Gasteiger charge is -2.19. The summed E-state index contributed by atoms with van der Waals surface area (Å²) in [4.78, 5) is 11.9. The van der Waals surface area contributed by atoms with E-state index in [1.54, 1.807) is 0 Å². The first-order valence-electron chi connectivity index (χ1n) is 6.75. The standard InChI is InChI=1S/C14H26O2/c1-5-11-8-12(7-10(3)4)13(9-11)14(15)16-6-2/h10-13H,5-9H2,1-4H3/t11?,12-,13-/m1/s1. The second kappa shape index (κ2) is 6.27. The lowest BCUT2D eigenvalue weighted by Crippen LogP contribution is -2.22. The normalized spacial score (nSPS) is 29.7. The first-order valence-corrected chi connectivity index (χ1v) is 6.75. The van der Waals surface area contributed by atoms with Gasteiger partial charge in [-0.05, 0) is 43.9 Å². The van der Waals surface area contributed by atoms with Crippen molar-refractivity contribution in [3.63, 3.8) is 0 Å². The number of carbonyl (C=O) groups is 1. The summed E-state index contributed by atoms with van der Waals surface area (Å²) < 4.78 is 5.19. The van der Waals surface area contributed by atoms with Crippen molar-refractivity contribution < 1.29 is 9.53 Å². The molecule has 1 aliphatic rings. The van der Waals surface area contributed by atoms with Gasteiger partial charge in [-0.3, -0.25) is 4.79 Å². The number of ether oxygens (including phenoxy) is 1. The molecule has 1 saturated carbocycles. The van der Waals surface area contributed by atoms with Crippen LogP contribution in [0.1, 0.15) is 53.4 Å². The van der Waals surface area contributed by atoms with E-state index in [1.165, 1.54) is 19.3 Å². The van der Waals surface area contributed by atoms with Crippen molar-refractivity contribution in [2.45, 2.75) is 53.4 Å². The Kier molecular flexibility index (Phi) is 5.30. The highest BCUT2D eigenvalue weighted by atomic mass is 16.5. The van der Waals surface area contributed by atoms with Crippen LogP contribution in [0, 0.1) is 23.7 Å². The van der Waals surface area contributed by atoms with Crippen molar-refractivity contribution in [1.82, 2.24) is 0 Å². The molecule has 1 unspecified atom stereocenters. The van der Waals surface area contributed by atoms with E-state index < -0.39 is 0 Å². The van der Waals surface area contributed by atoms with E-state index in [0.717, 1.165) is 12.3 Å². The zero-order valence-electron chi connectivity index (χ0n) is 11.2. The summed E-state index contributed by atoms with van der Waals surface area (Å²) >= 11 is 0. The van der Waals surface area contributed by atoms with Crippen LogP contribution in [0.4, 0.5) is 0 Å². The predicted molar refractivity (Wildman–Crippen MR) is 66.1 cm³/mol. The molecule has 2 nitrogen and oxygen atoms in total. The lowest BCUT2D eigenvalue weighted by molar-refractivity contribution is -0.149. The molecule has 2 heteroatoms. The first kappa shape index (κ1) is 13.5. The molecule has 0 amide bonds. The number of rotatable bonds is 5. The maximum atomic E-state index is 11.9. The molecule has 1 fully saturated rings. The van der Waals surface area contributed by atoms with Gasteiger partial charge in [0.1, 0.15) is 0 Å². The van der Waals surface area contributed by atoms with Crippen LogP contribution in [0.2, 0.25) is 0 Å². The van der Waals surface area contributed by atoms with E-state index >= 15 is 0 Å². The molecule has 0 aliphatic heterocycles. The van der Waals surface area contributed by atoms with E-state index in [0.29, 0.717) is 18.4 Å². The number of hydrogen-bond acceptors (Lipinski definition) is 2. The van der Waals surface area contributed by atoms with Gasteiger partial charge in [0, 0.05) is 0 Å². The molecule has 94 valence electrons. The molecule has 3 atom stereocenters. The zero-order chi connectivity index (χ0) is 12.1. The average Bonchev–Trinajstić information content (AvgIpc) is 2.60. The van der Waals surface area contributed by atoms with Gasteiger partial charge in [0.15, 0.2) is 0 Å². The molecule has 0 N–H and O–H groups in total. The summed E-state index contributed by atoms with van der Waals surface area (Å²) in [6.45, 7) is 9.11. The Labute approximate surface area is 99.8 Å². The Balaban J connectivity index is 2.59. The molecule has 0 heterocycles. The summed E-state index contributed by atoms with van der Waals surface area (Å²) in [5.41, 5.74) is 0. The topological polar surface area (TPSA) is 26.3 Å². The monoisotopic (exact) mass is 226 g/mol. The third kappa shape index (κ3) is 3.50. The first-order chi connectivity index (χ1) is 7.58. The molecular weight excluding hydrogens is 200 g/mol. The Hall–Kier alpha value is -0.530. The fourth-order valence-corrected chi connectivity index (χ4v) is 2.98. The second-order valence-electron chi connectivity index (χ2n) is 5.49. The van der Waals surface area contributed by atoms with E-state index in [4.69, 9.17) is 4.74 Å². The molecule has 0 saturated heterocycles. The van der Waals surface area contributed by atoms with Crippen LogP contribution in [0.5, 0.6) is 0 Å². The van der Waals surface area contributed by atoms with Crippen molar-refractivity contribution in [3.8, 4) is 0 Å². The van der Waals surface area contributed by atoms with Crippen molar-refractivity contribution in [2.24, 2.45) is 23.7 Å². The highest BCUT2D eigenvalue weighted by Gasteiger charge is 2.38. The minimum absolute atomic E-state index is 0.0455. The summed E-state index contributed by atoms with van der Waals surface area (Å²) in [5.74, 6) is 2.19. The second-order valence-corrected chi connectivity index (χ2v) is 5.49. The van der Waals surface area contributed by atoms with E-state index in [9.17, 15) is 4.79 Å². The van der Waals surface area contributed by atoms with Crippen molar-refractivity contribution in [1.29, 1.82) is 0 Å². The van der Waals surface area contributed by atoms with Gasteiger partial charge < -0.3 is 4.74 Å². The molecular formula is C14H26O2. The quantitative estimate of drug-likeness (QED) is 0.669. The van der Waals surface area contributed by atoms with Gasteiger partial charge >= 0.3 is 5.97 Å². The van der Waals surface area contributed by atoms with Gasteiger partial charge in [-0.1, -0.05) is 27.2 Å². The van der Waals surface area contributed by atoms with Gasteiger partial charge in [-0.25, -0.2) is 0 Å². The Morgan fingerprint density at radius 3 is 2.50 bits per heavy atom. The summed E-state index contributed by atoms with van der Waals surface area (Å²) in [5, 5.41) is 0. The van der Waals surface area contributed by atoms with Gasteiger partial charge in [0.25, 0.3) is 0 Å². The molecule has 0 aromatic carbocycles. The van der Waals surface area contributed by atoms with Crippen molar-refractivity contribution in [2.75, 3.05) is 6.61 Å². The van der Waals surface area contributed by atoms with Gasteiger partial charge in [-0.2, -0.15) is 0 Å². The third-order valence-corrected chi connectivity index (χ3v) is 3.73.